The van der Waals surface area contributed by atoms with Gasteiger partial charge in [0.1, 0.15) is 23.1 Å². The highest BCUT2D eigenvalue weighted by molar-refractivity contribution is 7.89. The zero-order chi connectivity index (χ0) is 30.3. The van der Waals surface area contributed by atoms with E-state index in [4.69, 9.17) is 4.74 Å². The van der Waals surface area contributed by atoms with E-state index in [0.29, 0.717) is 18.0 Å². The Balaban J connectivity index is 1.30. The normalized spacial score (nSPS) is 14.6. The van der Waals surface area contributed by atoms with Gasteiger partial charge in [-0.05, 0) is 73.4 Å². The Kier molecular flexibility index (Phi) is 10.5. The van der Waals surface area contributed by atoms with Gasteiger partial charge >= 0.3 is 6.03 Å². The van der Waals surface area contributed by atoms with Gasteiger partial charge in [0, 0.05) is 52.4 Å². The van der Waals surface area contributed by atoms with Crippen LogP contribution in [0.3, 0.4) is 0 Å². The molecule has 0 bridgehead atoms. The Bertz CT molecular complexity index is 1440. The lowest BCUT2D eigenvalue weighted by Crippen LogP contribution is -2.49. The summed E-state index contributed by atoms with van der Waals surface area (Å²) < 4.78 is 59.0. The van der Waals surface area contributed by atoms with Crippen molar-refractivity contribution in [3.05, 3.63) is 83.9 Å². The molecule has 0 radical (unpaired) electrons. The molecule has 0 aliphatic carbocycles. The Morgan fingerprint density at radius 1 is 0.976 bits per heavy atom. The molecule has 8 nitrogen and oxygen atoms in total. The number of piperidine rings is 1. The minimum Gasteiger partial charge on any atom is -0.457 e. The Hall–Kier alpha value is -3.54. The number of anilines is 1. The van der Waals surface area contributed by atoms with Gasteiger partial charge in [-0.2, -0.15) is 0 Å². The third-order valence-corrected chi connectivity index (χ3v) is 9.18. The quantitative estimate of drug-likeness (QED) is 0.279. The van der Waals surface area contributed by atoms with Gasteiger partial charge in [0.25, 0.3) is 0 Å². The maximum absolute atomic E-state index is 14.1. The molecule has 2 amide bonds. The summed E-state index contributed by atoms with van der Waals surface area (Å²) in [5.74, 6) is -0.288. The summed E-state index contributed by atoms with van der Waals surface area (Å²) in [5, 5.41) is 2.62. The van der Waals surface area contributed by atoms with Gasteiger partial charge in [0.05, 0.1) is 10.6 Å². The maximum atomic E-state index is 14.1. The summed E-state index contributed by atoms with van der Waals surface area (Å²) in [7, 11) is -0.510. The number of urea groups is 1. The van der Waals surface area contributed by atoms with Crippen LogP contribution in [-0.4, -0.2) is 68.3 Å². The minimum absolute atomic E-state index is 0.0259. The van der Waals surface area contributed by atoms with Gasteiger partial charge < -0.3 is 15.0 Å². The second-order valence-electron chi connectivity index (χ2n) is 10.6. The number of nitrogens with zero attached hydrogens (tertiary/aromatic N) is 3. The molecule has 11 heteroatoms. The average Bonchev–Trinajstić information content (AvgIpc) is 2.97. The van der Waals surface area contributed by atoms with Gasteiger partial charge in [-0.15, -0.1) is 0 Å². The summed E-state index contributed by atoms with van der Waals surface area (Å²) in [5.41, 5.74) is 1.10. The van der Waals surface area contributed by atoms with E-state index in [1.54, 1.807) is 17.0 Å². The zero-order valence-electron chi connectivity index (χ0n) is 24.2. The number of halogens is 2. The second-order valence-corrected chi connectivity index (χ2v) is 12.8. The summed E-state index contributed by atoms with van der Waals surface area (Å²) in [6.45, 7) is 5.01. The second kappa shape index (κ2) is 14.1. The molecule has 1 fully saturated rings. The van der Waals surface area contributed by atoms with Crippen LogP contribution in [0.1, 0.15) is 38.2 Å². The Labute approximate surface area is 246 Å². The summed E-state index contributed by atoms with van der Waals surface area (Å²) in [6.07, 6.45) is 3.36. The molecule has 1 saturated heterocycles. The molecule has 4 rings (SSSR count). The van der Waals surface area contributed by atoms with Crippen LogP contribution in [0.4, 0.5) is 19.3 Å². The van der Waals surface area contributed by atoms with Crippen molar-refractivity contribution in [2.24, 2.45) is 0 Å². The highest BCUT2D eigenvalue weighted by Gasteiger charge is 2.28. The third kappa shape index (κ3) is 8.05. The number of benzene rings is 3. The number of sulfonamides is 1. The van der Waals surface area contributed by atoms with E-state index >= 15 is 0 Å². The minimum atomic E-state index is -3.49. The fraction of sp³-hybridized carbons (Fsp3) is 0.387. The standard InChI is InChI=1S/C31H38F2N4O4S/c1-4-5-18-37(31(38)34-30-15-8-24(32)21-29(30)33)25-16-19-36(20-17-25)22-23-6-9-26(10-7-23)41-27-11-13-28(14-12-27)42(39,40)35(2)3/h6-15,21,25H,4-5,16-20,22H2,1-3H3,(H,34,38). The Morgan fingerprint density at radius 2 is 1.60 bits per heavy atom. The highest BCUT2D eigenvalue weighted by atomic mass is 32.2. The number of likely N-dealkylation sites (tertiary alicyclic amines) is 1. The molecule has 42 heavy (non-hydrogen) atoms. The number of carbonyl (C=O) groups excluding carboxylic acids is 1. The van der Waals surface area contributed by atoms with E-state index < -0.39 is 21.7 Å². The SMILES string of the molecule is CCCCN(C(=O)Nc1ccc(F)cc1F)C1CCN(Cc2ccc(Oc3ccc(S(=O)(=O)N(C)C)cc3)cc2)CC1. The van der Waals surface area contributed by atoms with Crippen LogP contribution in [0.25, 0.3) is 0 Å². The van der Waals surface area contributed by atoms with Crippen LogP contribution < -0.4 is 10.1 Å². The number of amides is 2. The van der Waals surface area contributed by atoms with Crippen molar-refractivity contribution in [2.45, 2.75) is 50.1 Å². The first-order valence-electron chi connectivity index (χ1n) is 14.1. The fourth-order valence-electron chi connectivity index (χ4n) is 4.89. The largest absolute Gasteiger partial charge is 0.457 e. The van der Waals surface area contributed by atoms with E-state index in [1.807, 2.05) is 24.3 Å². The third-order valence-electron chi connectivity index (χ3n) is 7.35. The van der Waals surface area contributed by atoms with Crippen LogP contribution in [0.2, 0.25) is 0 Å². The number of carbonyl (C=O) groups is 1. The lowest BCUT2D eigenvalue weighted by atomic mass is 10.0. The van der Waals surface area contributed by atoms with Crippen molar-refractivity contribution in [1.29, 1.82) is 0 Å². The van der Waals surface area contributed by atoms with Crippen molar-refractivity contribution in [2.75, 3.05) is 39.0 Å². The smallest absolute Gasteiger partial charge is 0.322 e. The molecule has 3 aromatic carbocycles. The van der Waals surface area contributed by atoms with Crippen molar-refractivity contribution in [3.8, 4) is 11.5 Å². The summed E-state index contributed by atoms with van der Waals surface area (Å²) >= 11 is 0. The molecular weight excluding hydrogens is 562 g/mol. The number of hydrogen-bond acceptors (Lipinski definition) is 5. The lowest BCUT2D eigenvalue weighted by Gasteiger charge is -2.38. The van der Waals surface area contributed by atoms with Crippen LogP contribution in [0.15, 0.2) is 71.6 Å². The monoisotopic (exact) mass is 600 g/mol. The zero-order valence-corrected chi connectivity index (χ0v) is 25.0. The van der Waals surface area contributed by atoms with Crippen LogP contribution in [0, 0.1) is 11.6 Å². The maximum Gasteiger partial charge on any atom is 0.322 e. The fourth-order valence-corrected chi connectivity index (χ4v) is 5.79. The summed E-state index contributed by atoms with van der Waals surface area (Å²) in [6, 6.07) is 16.9. The van der Waals surface area contributed by atoms with Gasteiger partial charge in [0.2, 0.25) is 10.0 Å². The molecule has 1 heterocycles. The van der Waals surface area contributed by atoms with Crippen LogP contribution in [0.5, 0.6) is 11.5 Å². The number of hydrogen-bond donors (Lipinski definition) is 1. The van der Waals surface area contributed by atoms with Crippen molar-refractivity contribution in [1.82, 2.24) is 14.1 Å². The molecule has 1 aliphatic heterocycles. The molecule has 0 saturated carbocycles. The number of ether oxygens (including phenoxy) is 1. The summed E-state index contributed by atoms with van der Waals surface area (Å²) in [4.78, 5) is 17.4. The number of nitrogens with one attached hydrogen (secondary N) is 1. The van der Waals surface area contributed by atoms with Gasteiger partial charge in [-0.25, -0.2) is 26.3 Å². The van der Waals surface area contributed by atoms with Crippen molar-refractivity contribution < 1.29 is 26.7 Å². The average molecular weight is 601 g/mol. The van der Waals surface area contributed by atoms with Crippen molar-refractivity contribution >= 4 is 21.7 Å². The van der Waals surface area contributed by atoms with Crippen molar-refractivity contribution in [3.63, 3.8) is 0 Å². The molecule has 0 spiro atoms. The van der Waals surface area contributed by atoms with E-state index in [-0.39, 0.29) is 22.7 Å². The molecule has 0 unspecified atom stereocenters. The molecular formula is C31H38F2N4O4S. The number of rotatable bonds is 11. The molecule has 1 N–H and O–H groups in total. The van der Waals surface area contributed by atoms with E-state index in [9.17, 15) is 22.0 Å². The first-order valence-corrected chi connectivity index (χ1v) is 15.5. The topological polar surface area (TPSA) is 82.2 Å². The Morgan fingerprint density at radius 3 is 2.17 bits per heavy atom. The van der Waals surface area contributed by atoms with Crippen LogP contribution >= 0.6 is 0 Å². The highest BCUT2D eigenvalue weighted by Crippen LogP contribution is 2.26. The van der Waals surface area contributed by atoms with E-state index in [2.05, 4.69) is 17.1 Å². The first kappa shape index (κ1) is 31.4. The molecule has 1 aliphatic rings. The predicted octanol–water partition coefficient (Wildman–Crippen LogP) is 6.31. The van der Waals surface area contributed by atoms with Crippen LogP contribution in [-0.2, 0) is 16.6 Å². The first-order chi connectivity index (χ1) is 20.1. The van der Waals surface area contributed by atoms with E-state index in [1.165, 1.54) is 36.6 Å². The molecule has 226 valence electrons. The lowest BCUT2D eigenvalue weighted by molar-refractivity contribution is 0.122. The molecule has 0 atom stereocenters. The van der Waals surface area contributed by atoms with Gasteiger partial charge in [-0.1, -0.05) is 25.5 Å². The molecule has 3 aromatic rings. The molecule has 0 aromatic heterocycles. The van der Waals surface area contributed by atoms with Gasteiger partial charge in [-0.3, -0.25) is 4.90 Å². The number of unbranched alkanes of at least 4 members (excludes halogenated alkanes) is 1. The predicted molar refractivity (Wildman–Crippen MR) is 159 cm³/mol. The van der Waals surface area contributed by atoms with Gasteiger partial charge in [0.15, 0.2) is 0 Å². The van der Waals surface area contributed by atoms with E-state index in [0.717, 1.165) is 63.0 Å².